The van der Waals surface area contributed by atoms with Gasteiger partial charge >= 0.3 is 5.97 Å². The van der Waals surface area contributed by atoms with E-state index in [0.29, 0.717) is 18.1 Å². The summed E-state index contributed by atoms with van der Waals surface area (Å²) in [6, 6.07) is 1.63. The van der Waals surface area contributed by atoms with Crippen LogP contribution in [0.3, 0.4) is 0 Å². The molecule has 1 heterocycles. The number of hydrogen-bond acceptors (Lipinski definition) is 5. The van der Waals surface area contributed by atoms with E-state index < -0.39 is 5.97 Å². The van der Waals surface area contributed by atoms with Gasteiger partial charge in [-0.1, -0.05) is 11.6 Å². The second-order valence-electron chi connectivity index (χ2n) is 5.15. The molecule has 0 saturated heterocycles. The number of anilines is 1. The van der Waals surface area contributed by atoms with Crippen molar-refractivity contribution in [2.24, 2.45) is 11.8 Å². The van der Waals surface area contributed by atoms with E-state index in [1.807, 2.05) is 0 Å². The Morgan fingerprint density at radius 2 is 2.30 bits per heavy atom. The van der Waals surface area contributed by atoms with E-state index in [-0.39, 0.29) is 24.3 Å². The Labute approximate surface area is 116 Å². The molecule has 7 heteroatoms. The lowest BCUT2D eigenvalue weighted by Gasteiger charge is -2.15. The predicted octanol–water partition coefficient (Wildman–Crippen LogP) is 1.01. The van der Waals surface area contributed by atoms with Crippen LogP contribution in [0.15, 0.2) is 10.6 Å². The van der Waals surface area contributed by atoms with Crippen molar-refractivity contribution in [3.8, 4) is 0 Å². The van der Waals surface area contributed by atoms with E-state index >= 15 is 0 Å². The van der Waals surface area contributed by atoms with E-state index in [1.165, 1.54) is 0 Å². The number of nitrogens with zero attached hydrogens (tertiary/aromatic N) is 1. The maximum Gasteiger partial charge on any atom is 0.306 e. The van der Waals surface area contributed by atoms with Crippen molar-refractivity contribution in [3.63, 3.8) is 0 Å². The number of aromatic nitrogens is 1. The van der Waals surface area contributed by atoms with Crippen LogP contribution in [0.25, 0.3) is 0 Å². The minimum atomic E-state index is -0.740. The van der Waals surface area contributed by atoms with Crippen molar-refractivity contribution in [1.82, 2.24) is 10.5 Å². The number of aliphatic carboxylic acids is 1. The Bertz CT molecular complexity index is 486. The molecule has 2 rings (SSSR count). The smallest absolute Gasteiger partial charge is 0.306 e. The highest BCUT2D eigenvalue weighted by atomic mass is 16.5. The molecule has 1 aromatic heterocycles. The van der Waals surface area contributed by atoms with Crippen LogP contribution in [-0.2, 0) is 9.59 Å². The van der Waals surface area contributed by atoms with E-state index in [2.05, 4.69) is 15.8 Å². The lowest BCUT2D eigenvalue weighted by molar-refractivity contribution is -0.142. The fourth-order valence-electron chi connectivity index (χ4n) is 2.58. The number of rotatable bonds is 6. The van der Waals surface area contributed by atoms with Crippen LogP contribution in [0.1, 0.15) is 25.0 Å². The van der Waals surface area contributed by atoms with Gasteiger partial charge in [0.25, 0.3) is 0 Å². The minimum Gasteiger partial charge on any atom is -0.481 e. The van der Waals surface area contributed by atoms with E-state index in [0.717, 1.165) is 19.3 Å². The van der Waals surface area contributed by atoms with Crippen molar-refractivity contribution in [1.29, 1.82) is 0 Å². The Morgan fingerprint density at radius 3 is 2.95 bits per heavy atom. The summed E-state index contributed by atoms with van der Waals surface area (Å²) in [5, 5.41) is 18.3. The van der Waals surface area contributed by atoms with Crippen molar-refractivity contribution < 1.29 is 19.2 Å². The number of hydrogen-bond donors (Lipinski definition) is 3. The fourth-order valence-corrected chi connectivity index (χ4v) is 2.58. The second-order valence-corrected chi connectivity index (χ2v) is 5.15. The maximum atomic E-state index is 11.6. The maximum absolute atomic E-state index is 11.6. The van der Waals surface area contributed by atoms with Gasteiger partial charge in [-0.3, -0.25) is 14.9 Å². The second kappa shape index (κ2) is 6.51. The summed E-state index contributed by atoms with van der Waals surface area (Å²) in [6.45, 7) is 2.44. The molecule has 20 heavy (non-hydrogen) atoms. The van der Waals surface area contributed by atoms with E-state index in [1.54, 1.807) is 13.0 Å². The lowest BCUT2D eigenvalue weighted by atomic mass is 9.96. The SMILES string of the molecule is Cc1cc(NC(=O)CNCC2CCCC2C(=O)O)on1. The number of carboxylic acid groups (broad SMARTS) is 1. The Hall–Kier alpha value is -1.89. The molecule has 0 aromatic carbocycles. The number of carbonyl (C=O) groups is 2. The molecule has 110 valence electrons. The van der Waals surface area contributed by atoms with Crippen LogP contribution < -0.4 is 10.6 Å². The van der Waals surface area contributed by atoms with Crippen molar-refractivity contribution in [2.45, 2.75) is 26.2 Å². The van der Waals surface area contributed by atoms with Gasteiger partial charge < -0.3 is 14.9 Å². The molecule has 0 spiro atoms. The Balaban J connectivity index is 1.70. The monoisotopic (exact) mass is 281 g/mol. The molecule has 7 nitrogen and oxygen atoms in total. The molecule has 2 unspecified atom stereocenters. The van der Waals surface area contributed by atoms with E-state index in [4.69, 9.17) is 9.63 Å². The fraction of sp³-hybridized carbons (Fsp3) is 0.615. The molecule has 1 fully saturated rings. The highest BCUT2D eigenvalue weighted by molar-refractivity contribution is 5.90. The first kappa shape index (κ1) is 14.5. The minimum absolute atomic E-state index is 0.104. The molecule has 1 aliphatic rings. The summed E-state index contributed by atoms with van der Waals surface area (Å²) < 4.78 is 4.88. The molecular weight excluding hydrogens is 262 g/mol. The van der Waals surface area contributed by atoms with Crippen LogP contribution in [0.2, 0.25) is 0 Å². The molecule has 0 radical (unpaired) electrons. The zero-order valence-corrected chi connectivity index (χ0v) is 11.4. The van der Waals surface area contributed by atoms with Crippen LogP contribution in [-0.4, -0.2) is 35.2 Å². The number of carboxylic acids is 1. The molecular formula is C13H19N3O4. The first-order chi connectivity index (χ1) is 9.56. The summed E-state index contributed by atoms with van der Waals surface area (Å²) in [7, 11) is 0. The number of aryl methyl sites for hydroxylation is 1. The van der Waals surface area contributed by atoms with Gasteiger partial charge in [-0.15, -0.1) is 0 Å². The first-order valence-electron chi connectivity index (χ1n) is 6.73. The number of carbonyl (C=O) groups excluding carboxylic acids is 1. The highest BCUT2D eigenvalue weighted by Gasteiger charge is 2.32. The molecule has 0 bridgehead atoms. The van der Waals surface area contributed by atoms with Gasteiger partial charge in [-0.2, -0.15) is 0 Å². The topological polar surface area (TPSA) is 104 Å². The van der Waals surface area contributed by atoms with Gasteiger partial charge in [0.05, 0.1) is 18.2 Å². The zero-order chi connectivity index (χ0) is 14.5. The molecule has 1 saturated carbocycles. The standard InChI is InChI=1S/C13H19N3O4/c1-8-5-12(20-16-8)15-11(17)7-14-6-9-3-2-4-10(9)13(18)19/h5,9-10,14H,2-4,6-7H2,1H3,(H,15,17)(H,18,19). The molecule has 0 aliphatic heterocycles. The first-order valence-corrected chi connectivity index (χ1v) is 6.73. The lowest BCUT2D eigenvalue weighted by Crippen LogP contribution is -2.34. The van der Waals surface area contributed by atoms with Gasteiger partial charge in [-0.05, 0) is 32.2 Å². The molecule has 3 N–H and O–H groups in total. The van der Waals surface area contributed by atoms with Crippen molar-refractivity contribution >= 4 is 17.8 Å². The number of amides is 1. The summed E-state index contributed by atoms with van der Waals surface area (Å²) in [5.74, 6) is -0.837. The Kier molecular flexibility index (Phi) is 4.73. The predicted molar refractivity (Wildman–Crippen MR) is 71.2 cm³/mol. The molecule has 1 aliphatic carbocycles. The quantitative estimate of drug-likeness (QED) is 0.719. The van der Waals surface area contributed by atoms with Crippen molar-refractivity contribution in [2.75, 3.05) is 18.4 Å². The molecule has 2 atom stereocenters. The third-order valence-electron chi connectivity index (χ3n) is 3.56. The summed E-state index contributed by atoms with van der Waals surface area (Å²) >= 11 is 0. The van der Waals surface area contributed by atoms with Crippen LogP contribution in [0, 0.1) is 18.8 Å². The highest BCUT2D eigenvalue weighted by Crippen LogP contribution is 2.31. The van der Waals surface area contributed by atoms with E-state index in [9.17, 15) is 9.59 Å². The third kappa shape index (κ3) is 3.80. The summed E-state index contributed by atoms with van der Waals surface area (Å²) in [4.78, 5) is 22.7. The van der Waals surface area contributed by atoms with Crippen LogP contribution in [0.5, 0.6) is 0 Å². The molecule has 1 aromatic rings. The number of nitrogens with one attached hydrogen (secondary N) is 2. The van der Waals surface area contributed by atoms with Crippen molar-refractivity contribution in [3.05, 3.63) is 11.8 Å². The van der Waals surface area contributed by atoms with Gasteiger partial charge in [0.15, 0.2) is 0 Å². The third-order valence-corrected chi connectivity index (χ3v) is 3.56. The largest absolute Gasteiger partial charge is 0.481 e. The van der Waals surface area contributed by atoms with Crippen LogP contribution in [0.4, 0.5) is 5.88 Å². The average Bonchev–Trinajstić information content (AvgIpc) is 2.98. The average molecular weight is 281 g/mol. The Morgan fingerprint density at radius 1 is 1.50 bits per heavy atom. The van der Waals surface area contributed by atoms with Gasteiger partial charge in [-0.25, -0.2) is 0 Å². The van der Waals surface area contributed by atoms with Crippen LogP contribution >= 0.6 is 0 Å². The molecule has 1 amide bonds. The summed E-state index contributed by atoms with van der Waals surface area (Å²) in [6.07, 6.45) is 2.56. The summed E-state index contributed by atoms with van der Waals surface area (Å²) in [5.41, 5.74) is 0.698. The van der Waals surface area contributed by atoms with Gasteiger partial charge in [0, 0.05) is 6.07 Å². The normalized spacial score (nSPS) is 21.9. The van der Waals surface area contributed by atoms with Gasteiger partial charge in [0.1, 0.15) is 0 Å². The van der Waals surface area contributed by atoms with Gasteiger partial charge in [0.2, 0.25) is 11.8 Å². The zero-order valence-electron chi connectivity index (χ0n) is 11.4.